The maximum absolute atomic E-state index is 12.2. The normalized spacial score (nSPS) is 10.2. The molecular weight excluding hydrogens is 232 g/mol. The van der Waals surface area contributed by atoms with Gasteiger partial charge in [0.15, 0.2) is 0 Å². The molecule has 0 unspecified atom stereocenters. The van der Waals surface area contributed by atoms with Gasteiger partial charge in [0, 0.05) is 30.4 Å². The van der Waals surface area contributed by atoms with Crippen molar-refractivity contribution in [3.63, 3.8) is 0 Å². The summed E-state index contributed by atoms with van der Waals surface area (Å²) in [6, 6.07) is 4.97. The predicted molar refractivity (Wildman–Crippen MR) is 70.7 cm³/mol. The first-order chi connectivity index (χ1) is 8.62. The molecule has 5 heteroatoms. The highest BCUT2D eigenvalue weighted by Crippen LogP contribution is 2.20. The van der Waals surface area contributed by atoms with Gasteiger partial charge < -0.3 is 20.5 Å². The molecule has 0 spiro atoms. The molecule has 0 fully saturated rings. The fourth-order valence-electron chi connectivity index (χ4n) is 1.70. The van der Waals surface area contributed by atoms with E-state index in [1.165, 1.54) is 0 Å². The fourth-order valence-corrected chi connectivity index (χ4v) is 1.70. The zero-order valence-electron chi connectivity index (χ0n) is 10.8. The van der Waals surface area contributed by atoms with Crippen LogP contribution in [0.25, 0.3) is 0 Å². The summed E-state index contributed by atoms with van der Waals surface area (Å²) in [5, 5.41) is 8.91. The average molecular weight is 252 g/mol. The van der Waals surface area contributed by atoms with Crippen LogP contribution in [0, 0.1) is 0 Å². The van der Waals surface area contributed by atoms with Crippen molar-refractivity contribution in [3.8, 4) is 5.75 Å². The number of ether oxygens (including phenoxy) is 1. The zero-order valence-corrected chi connectivity index (χ0v) is 10.8. The third kappa shape index (κ3) is 3.63. The highest BCUT2D eigenvalue weighted by Gasteiger charge is 2.15. The monoisotopic (exact) mass is 252 g/mol. The Balaban J connectivity index is 2.96. The van der Waals surface area contributed by atoms with E-state index >= 15 is 0 Å². The van der Waals surface area contributed by atoms with Crippen molar-refractivity contribution in [2.75, 3.05) is 32.0 Å². The number of nitrogens with two attached hydrogens (primary N) is 1. The van der Waals surface area contributed by atoms with Crippen LogP contribution in [0.1, 0.15) is 24.2 Å². The summed E-state index contributed by atoms with van der Waals surface area (Å²) in [6.45, 7) is 5.05. The van der Waals surface area contributed by atoms with Gasteiger partial charge in [0.05, 0.1) is 13.2 Å². The molecule has 0 atom stereocenters. The van der Waals surface area contributed by atoms with Crippen molar-refractivity contribution in [2.24, 2.45) is 0 Å². The molecule has 0 saturated heterocycles. The molecule has 1 amide bonds. The van der Waals surface area contributed by atoms with Gasteiger partial charge in [0.2, 0.25) is 0 Å². The van der Waals surface area contributed by atoms with Gasteiger partial charge in [-0.1, -0.05) is 0 Å². The van der Waals surface area contributed by atoms with Crippen LogP contribution in [0.3, 0.4) is 0 Å². The lowest BCUT2D eigenvalue weighted by molar-refractivity contribution is 0.0731. The lowest BCUT2D eigenvalue weighted by atomic mass is 10.1. The first-order valence-electron chi connectivity index (χ1n) is 6.05. The fraction of sp³-hybridized carbons (Fsp3) is 0.462. The SMILES string of the molecule is CCOc1cc(N)cc(C(=O)N(CC)CCO)c1. The summed E-state index contributed by atoms with van der Waals surface area (Å²) in [5.74, 6) is 0.431. The van der Waals surface area contributed by atoms with E-state index in [4.69, 9.17) is 15.6 Å². The minimum absolute atomic E-state index is 0.0553. The number of likely N-dealkylation sites (N-methyl/N-ethyl adjacent to an activating group) is 1. The van der Waals surface area contributed by atoms with Gasteiger partial charge in [-0.3, -0.25) is 4.79 Å². The predicted octanol–water partition coefficient (Wildman–Crippen LogP) is 1.12. The molecular formula is C13H20N2O3. The molecule has 0 aliphatic carbocycles. The van der Waals surface area contributed by atoms with Crippen LogP contribution >= 0.6 is 0 Å². The van der Waals surface area contributed by atoms with Crippen molar-refractivity contribution in [1.82, 2.24) is 4.90 Å². The summed E-state index contributed by atoms with van der Waals surface area (Å²) in [5.41, 5.74) is 6.71. The molecule has 18 heavy (non-hydrogen) atoms. The molecule has 0 heterocycles. The molecule has 3 N–H and O–H groups in total. The van der Waals surface area contributed by atoms with E-state index in [2.05, 4.69) is 0 Å². The van der Waals surface area contributed by atoms with Crippen molar-refractivity contribution < 1.29 is 14.6 Å². The van der Waals surface area contributed by atoms with E-state index in [1.807, 2.05) is 13.8 Å². The number of benzene rings is 1. The third-order valence-electron chi connectivity index (χ3n) is 2.53. The molecule has 1 aromatic carbocycles. The summed E-state index contributed by atoms with van der Waals surface area (Å²) in [7, 11) is 0. The van der Waals surface area contributed by atoms with Gasteiger partial charge in [0.25, 0.3) is 5.91 Å². The molecule has 0 saturated carbocycles. The molecule has 1 rings (SSSR count). The maximum atomic E-state index is 12.2. The average Bonchev–Trinajstić information content (AvgIpc) is 2.35. The number of aliphatic hydroxyl groups is 1. The van der Waals surface area contributed by atoms with Gasteiger partial charge in [-0.15, -0.1) is 0 Å². The van der Waals surface area contributed by atoms with E-state index in [0.29, 0.717) is 36.7 Å². The van der Waals surface area contributed by atoms with Crippen LogP contribution in [0.15, 0.2) is 18.2 Å². The highest BCUT2D eigenvalue weighted by atomic mass is 16.5. The Kier molecular flexibility index (Phi) is 5.45. The van der Waals surface area contributed by atoms with Gasteiger partial charge in [0.1, 0.15) is 5.75 Å². The number of carbonyl (C=O) groups is 1. The second kappa shape index (κ2) is 6.86. The first-order valence-corrected chi connectivity index (χ1v) is 6.05. The van der Waals surface area contributed by atoms with Crippen molar-refractivity contribution in [2.45, 2.75) is 13.8 Å². The first kappa shape index (κ1) is 14.3. The smallest absolute Gasteiger partial charge is 0.254 e. The number of anilines is 1. The van der Waals surface area contributed by atoms with Gasteiger partial charge >= 0.3 is 0 Å². The van der Waals surface area contributed by atoms with Crippen LogP contribution in [-0.4, -0.2) is 42.2 Å². The van der Waals surface area contributed by atoms with E-state index in [-0.39, 0.29) is 12.5 Å². The number of hydrogen-bond acceptors (Lipinski definition) is 4. The topological polar surface area (TPSA) is 75.8 Å². The summed E-state index contributed by atoms with van der Waals surface area (Å²) >= 11 is 0. The number of nitrogens with zero attached hydrogens (tertiary/aromatic N) is 1. The van der Waals surface area contributed by atoms with E-state index in [9.17, 15) is 4.79 Å². The quantitative estimate of drug-likeness (QED) is 0.744. The Bertz CT molecular complexity index is 407. The minimum Gasteiger partial charge on any atom is -0.494 e. The van der Waals surface area contributed by atoms with Crippen molar-refractivity contribution >= 4 is 11.6 Å². The molecule has 0 aromatic heterocycles. The number of rotatable bonds is 6. The van der Waals surface area contributed by atoms with Crippen LogP contribution in [0.5, 0.6) is 5.75 Å². The van der Waals surface area contributed by atoms with E-state index in [1.54, 1.807) is 23.1 Å². The number of amides is 1. The number of carbonyl (C=O) groups excluding carboxylic acids is 1. The van der Waals surface area contributed by atoms with Crippen LogP contribution in [0.2, 0.25) is 0 Å². The molecule has 0 radical (unpaired) electrons. The minimum atomic E-state index is -0.153. The summed E-state index contributed by atoms with van der Waals surface area (Å²) in [4.78, 5) is 13.7. The number of aliphatic hydroxyl groups excluding tert-OH is 1. The molecule has 100 valence electrons. The second-order valence-corrected chi connectivity index (χ2v) is 3.83. The number of nitrogen functional groups attached to an aromatic ring is 1. The largest absolute Gasteiger partial charge is 0.494 e. The Morgan fingerprint density at radius 3 is 2.67 bits per heavy atom. The van der Waals surface area contributed by atoms with Crippen molar-refractivity contribution in [1.29, 1.82) is 0 Å². The Labute approximate surface area is 107 Å². The Hall–Kier alpha value is -1.75. The second-order valence-electron chi connectivity index (χ2n) is 3.83. The summed E-state index contributed by atoms with van der Waals surface area (Å²) in [6.07, 6.45) is 0. The van der Waals surface area contributed by atoms with Crippen LogP contribution in [-0.2, 0) is 0 Å². The van der Waals surface area contributed by atoms with Crippen molar-refractivity contribution in [3.05, 3.63) is 23.8 Å². The van der Waals surface area contributed by atoms with Crippen LogP contribution in [0.4, 0.5) is 5.69 Å². The maximum Gasteiger partial charge on any atom is 0.254 e. The molecule has 5 nitrogen and oxygen atoms in total. The Morgan fingerprint density at radius 2 is 2.11 bits per heavy atom. The van der Waals surface area contributed by atoms with Gasteiger partial charge in [-0.25, -0.2) is 0 Å². The van der Waals surface area contributed by atoms with E-state index in [0.717, 1.165) is 0 Å². The molecule has 0 bridgehead atoms. The van der Waals surface area contributed by atoms with Gasteiger partial charge in [-0.05, 0) is 26.0 Å². The van der Waals surface area contributed by atoms with E-state index < -0.39 is 0 Å². The molecule has 1 aromatic rings. The molecule has 0 aliphatic rings. The highest BCUT2D eigenvalue weighted by molar-refractivity contribution is 5.95. The summed E-state index contributed by atoms with van der Waals surface area (Å²) < 4.78 is 5.35. The van der Waals surface area contributed by atoms with Gasteiger partial charge in [-0.2, -0.15) is 0 Å². The third-order valence-corrected chi connectivity index (χ3v) is 2.53. The number of hydrogen-bond donors (Lipinski definition) is 2. The Morgan fingerprint density at radius 1 is 1.39 bits per heavy atom. The zero-order chi connectivity index (χ0) is 13.5. The lowest BCUT2D eigenvalue weighted by Crippen LogP contribution is -2.33. The lowest BCUT2D eigenvalue weighted by Gasteiger charge is -2.20. The standard InChI is InChI=1S/C13H20N2O3/c1-3-15(5-6-16)13(17)10-7-11(14)9-12(8-10)18-4-2/h7-9,16H,3-6,14H2,1-2H3. The molecule has 0 aliphatic heterocycles. The van der Waals surface area contributed by atoms with Crippen LogP contribution < -0.4 is 10.5 Å².